The van der Waals surface area contributed by atoms with E-state index in [9.17, 15) is 14.4 Å². The number of esters is 1. The number of ether oxygens (including phenoxy) is 2. The molecule has 172 valence electrons. The van der Waals surface area contributed by atoms with Crippen molar-refractivity contribution in [1.82, 2.24) is 0 Å². The van der Waals surface area contributed by atoms with Crippen molar-refractivity contribution in [2.45, 2.75) is 26.9 Å². The number of para-hydroxylation sites is 1. The zero-order valence-corrected chi connectivity index (χ0v) is 19.4. The molecule has 1 aliphatic rings. The van der Waals surface area contributed by atoms with Crippen molar-refractivity contribution >= 4 is 11.5 Å². The van der Waals surface area contributed by atoms with Crippen LogP contribution in [0.3, 0.4) is 0 Å². The molecule has 0 spiro atoms. The summed E-state index contributed by atoms with van der Waals surface area (Å²) in [5, 5.41) is 9.70. The van der Waals surface area contributed by atoms with Crippen LogP contribution in [-0.2, 0) is 9.53 Å². The van der Waals surface area contributed by atoms with Gasteiger partial charge in [-0.3, -0.25) is 4.79 Å². The predicted molar refractivity (Wildman–Crippen MR) is 128 cm³/mol. The summed E-state index contributed by atoms with van der Waals surface area (Å²) in [5.41, 5.74) is 2.27. The molecule has 4 rings (SSSR count). The van der Waals surface area contributed by atoms with E-state index in [4.69, 9.17) is 9.47 Å². The van der Waals surface area contributed by atoms with Crippen molar-refractivity contribution in [2.24, 2.45) is 17.3 Å². The van der Waals surface area contributed by atoms with Gasteiger partial charge in [-0.2, -0.15) is 5.26 Å². The number of nitriles is 1. The second kappa shape index (κ2) is 9.52. The molecule has 0 heterocycles. The highest BCUT2D eigenvalue weighted by molar-refractivity contribution is 5.80. The Bertz CT molecular complexity index is 1250. The van der Waals surface area contributed by atoms with Gasteiger partial charge in [-0.05, 0) is 53.7 Å². The molecule has 3 aromatic carbocycles. The van der Waals surface area contributed by atoms with Crippen LogP contribution < -0.4 is 4.74 Å². The van der Waals surface area contributed by atoms with Gasteiger partial charge in [-0.25, -0.2) is 4.39 Å². The Labute approximate surface area is 199 Å². The molecule has 0 radical (unpaired) electrons. The third-order valence-corrected chi connectivity index (χ3v) is 6.40. The average Bonchev–Trinajstić information content (AvgIpc) is 3.39. The normalized spacial score (nSPS) is 19.6. The summed E-state index contributed by atoms with van der Waals surface area (Å²) in [7, 11) is 0. The molecule has 0 bridgehead atoms. The summed E-state index contributed by atoms with van der Waals surface area (Å²) in [4.78, 5) is 13.0. The number of nitrogens with zero attached hydrogens (tertiary/aromatic N) is 1. The second-order valence-electron chi connectivity index (χ2n) is 9.09. The lowest BCUT2D eigenvalue weighted by atomic mass is 10.0. The lowest BCUT2D eigenvalue weighted by Crippen LogP contribution is -2.14. The number of hydrogen-bond acceptors (Lipinski definition) is 4. The van der Waals surface area contributed by atoms with Crippen LogP contribution in [0.1, 0.15) is 38.0 Å². The van der Waals surface area contributed by atoms with Gasteiger partial charge >= 0.3 is 5.97 Å². The zero-order valence-electron chi connectivity index (χ0n) is 19.4. The smallest absolute Gasteiger partial charge is 0.311 e. The summed E-state index contributed by atoms with van der Waals surface area (Å²) < 4.78 is 25.5. The van der Waals surface area contributed by atoms with E-state index in [1.165, 1.54) is 18.2 Å². The highest BCUT2D eigenvalue weighted by Gasteiger charge is 2.61. The van der Waals surface area contributed by atoms with E-state index in [1.807, 2.05) is 63.2 Å². The second-order valence-corrected chi connectivity index (χ2v) is 9.09. The van der Waals surface area contributed by atoms with Crippen LogP contribution in [0.15, 0.2) is 84.9 Å². The highest BCUT2D eigenvalue weighted by Crippen LogP contribution is 2.60. The fourth-order valence-electron chi connectivity index (χ4n) is 4.24. The van der Waals surface area contributed by atoms with Gasteiger partial charge in [-0.1, -0.05) is 74.5 Å². The minimum atomic E-state index is -1.16. The molecule has 1 fully saturated rings. The number of benzene rings is 3. The Kier molecular flexibility index (Phi) is 6.51. The molecule has 5 heteroatoms. The number of carbonyl (C=O) groups is 1. The Morgan fingerprint density at radius 3 is 2.35 bits per heavy atom. The van der Waals surface area contributed by atoms with E-state index in [1.54, 1.807) is 24.3 Å². The van der Waals surface area contributed by atoms with Crippen LogP contribution in [0.25, 0.3) is 5.57 Å². The Hall–Kier alpha value is -3.91. The van der Waals surface area contributed by atoms with E-state index in [0.29, 0.717) is 11.3 Å². The van der Waals surface area contributed by atoms with E-state index >= 15 is 0 Å². The van der Waals surface area contributed by atoms with Crippen molar-refractivity contribution in [1.29, 1.82) is 5.26 Å². The molecule has 1 aliphatic carbocycles. The molecule has 3 unspecified atom stereocenters. The molecule has 34 heavy (non-hydrogen) atoms. The van der Waals surface area contributed by atoms with Gasteiger partial charge in [0.15, 0.2) is 11.6 Å². The van der Waals surface area contributed by atoms with Gasteiger partial charge in [-0.15, -0.1) is 0 Å². The van der Waals surface area contributed by atoms with Gasteiger partial charge in [0.2, 0.25) is 6.10 Å². The fraction of sp³-hybridized carbons (Fsp3) is 0.241. The average molecular weight is 456 g/mol. The maximum atomic E-state index is 14.3. The molecule has 0 aromatic heterocycles. The summed E-state index contributed by atoms with van der Waals surface area (Å²) >= 11 is 0. The molecule has 3 atom stereocenters. The molecule has 1 saturated carbocycles. The lowest BCUT2D eigenvalue weighted by molar-refractivity contribution is -0.149. The predicted octanol–water partition coefficient (Wildman–Crippen LogP) is 7.10. The van der Waals surface area contributed by atoms with E-state index in [-0.39, 0.29) is 23.0 Å². The monoisotopic (exact) mass is 455 g/mol. The standard InChI is InChI=1S/C29H26FNO3/c1-19(20-10-6-4-7-11-20)16-23-27(29(23,2)3)28(32)34-26(18-31)21-14-15-24(30)25(17-21)33-22-12-8-5-9-13-22/h4-17,23,26-27H,1-3H3/b19-16+. The first-order chi connectivity index (χ1) is 16.3. The topological polar surface area (TPSA) is 59.3 Å². The van der Waals surface area contributed by atoms with Gasteiger partial charge in [0, 0.05) is 5.56 Å². The SMILES string of the molecule is C/C(=C\C1C(C(=O)OC(C#N)c2ccc(F)c(Oc3ccccc3)c2)C1(C)C)c1ccccc1. The van der Waals surface area contributed by atoms with Crippen molar-refractivity contribution in [3.05, 3.63) is 102 Å². The molecule has 3 aromatic rings. The summed E-state index contributed by atoms with van der Waals surface area (Å²) in [6.45, 7) is 6.06. The first kappa shape index (κ1) is 23.3. The Morgan fingerprint density at radius 2 is 1.71 bits per heavy atom. The fourth-order valence-corrected chi connectivity index (χ4v) is 4.24. The van der Waals surface area contributed by atoms with Crippen LogP contribution in [0.5, 0.6) is 11.5 Å². The van der Waals surface area contributed by atoms with Crippen LogP contribution in [-0.4, -0.2) is 5.97 Å². The van der Waals surface area contributed by atoms with Crippen LogP contribution in [0.2, 0.25) is 0 Å². The lowest BCUT2D eigenvalue weighted by Gasteiger charge is -2.14. The van der Waals surface area contributed by atoms with Crippen molar-refractivity contribution in [2.75, 3.05) is 0 Å². The maximum Gasteiger partial charge on any atom is 0.311 e. The van der Waals surface area contributed by atoms with E-state index < -0.39 is 17.9 Å². The van der Waals surface area contributed by atoms with Gasteiger partial charge in [0.1, 0.15) is 11.8 Å². The Balaban J connectivity index is 1.49. The molecule has 4 nitrogen and oxygen atoms in total. The largest absolute Gasteiger partial charge is 0.454 e. The first-order valence-corrected chi connectivity index (χ1v) is 11.2. The van der Waals surface area contributed by atoms with Gasteiger partial charge in [0.25, 0.3) is 0 Å². The summed E-state index contributed by atoms with van der Waals surface area (Å²) in [6, 6.07) is 24.8. The third kappa shape index (κ3) is 4.87. The molecule has 0 amide bonds. The third-order valence-electron chi connectivity index (χ3n) is 6.40. The van der Waals surface area contributed by atoms with Crippen molar-refractivity contribution in [3.63, 3.8) is 0 Å². The first-order valence-electron chi connectivity index (χ1n) is 11.2. The van der Waals surface area contributed by atoms with Crippen LogP contribution in [0, 0.1) is 34.4 Å². The molecular formula is C29H26FNO3. The van der Waals surface area contributed by atoms with E-state index in [2.05, 4.69) is 6.08 Å². The van der Waals surface area contributed by atoms with Crippen molar-refractivity contribution in [3.8, 4) is 17.6 Å². The quantitative estimate of drug-likeness (QED) is 0.357. The van der Waals surface area contributed by atoms with Gasteiger partial charge in [0.05, 0.1) is 5.92 Å². The minimum Gasteiger partial charge on any atom is -0.454 e. The molecule has 0 aliphatic heterocycles. The number of hydrogen-bond donors (Lipinski definition) is 0. The summed E-state index contributed by atoms with van der Waals surface area (Å²) in [6.07, 6.45) is 0.939. The van der Waals surface area contributed by atoms with E-state index in [0.717, 1.165) is 11.1 Å². The van der Waals surface area contributed by atoms with Gasteiger partial charge < -0.3 is 9.47 Å². The maximum absolute atomic E-state index is 14.3. The molecule has 0 N–H and O–H groups in total. The van der Waals surface area contributed by atoms with Crippen LogP contribution >= 0.6 is 0 Å². The van der Waals surface area contributed by atoms with Crippen LogP contribution in [0.4, 0.5) is 4.39 Å². The highest BCUT2D eigenvalue weighted by atomic mass is 19.1. The number of carbonyl (C=O) groups excluding carboxylic acids is 1. The van der Waals surface area contributed by atoms with Crippen molar-refractivity contribution < 1.29 is 18.7 Å². The molecular weight excluding hydrogens is 429 g/mol. The number of halogens is 1. The number of rotatable bonds is 7. The molecule has 0 saturated heterocycles. The zero-order chi connectivity index (χ0) is 24.3. The summed E-state index contributed by atoms with van der Waals surface area (Å²) in [5.74, 6) is -0.931. The number of allylic oxidation sites excluding steroid dienone is 2. The minimum absolute atomic E-state index is 0.00439. The Morgan fingerprint density at radius 1 is 1.06 bits per heavy atom.